The van der Waals surface area contributed by atoms with Gasteiger partial charge in [0.25, 0.3) is 0 Å². The zero-order valence-electron chi connectivity index (χ0n) is 11.0. The van der Waals surface area contributed by atoms with Crippen LogP contribution in [0.15, 0.2) is 69.9 Å². The normalized spacial score (nSPS) is 10.4. The van der Waals surface area contributed by atoms with Gasteiger partial charge in [0, 0.05) is 11.4 Å². The van der Waals surface area contributed by atoms with Crippen LogP contribution < -0.4 is 10.6 Å². The first-order valence-electron chi connectivity index (χ1n) is 6.53. The largest absolute Gasteiger partial charge is 0.467 e. The predicted octanol–water partition coefficient (Wildman–Crippen LogP) is 4.10. The van der Waals surface area contributed by atoms with E-state index in [1.54, 1.807) is 12.5 Å². The highest BCUT2D eigenvalue weighted by Crippen LogP contribution is 2.15. The lowest BCUT2D eigenvalue weighted by atomic mass is 10.2. The third kappa shape index (κ3) is 3.23. The van der Waals surface area contributed by atoms with Gasteiger partial charge in [-0.25, -0.2) is 0 Å². The first kappa shape index (κ1) is 12.4. The molecule has 4 heteroatoms. The van der Waals surface area contributed by atoms with Crippen molar-refractivity contribution < 1.29 is 8.83 Å². The van der Waals surface area contributed by atoms with Crippen LogP contribution in [-0.4, -0.2) is 0 Å². The Balaban J connectivity index is 1.51. The molecule has 0 aliphatic rings. The van der Waals surface area contributed by atoms with Crippen molar-refractivity contribution in [1.29, 1.82) is 0 Å². The molecule has 102 valence electrons. The van der Waals surface area contributed by atoms with E-state index in [1.165, 1.54) is 0 Å². The van der Waals surface area contributed by atoms with E-state index >= 15 is 0 Å². The van der Waals surface area contributed by atoms with Crippen LogP contribution in [0, 0.1) is 0 Å². The van der Waals surface area contributed by atoms with Crippen LogP contribution >= 0.6 is 0 Å². The van der Waals surface area contributed by atoms with Gasteiger partial charge in [-0.15, -0.1) is 0 Å². The summed E-state index contributed by atoms with van der Waals surface area (Å²) in [5.74, 6) is 1.84. The van der Waals surface area contributed by atoms with E-state index in [2.05, 4.69) is 10.6 Å². The number of furan rings is 2. The van der Waals surface area contributed by atoms with E-state index in [-0.39, 0.29) is 0 Å². The second-order valence-electron chi connectivity index (χ2n) is 4.44. The zero-order chi connectivity index (χ0) is 13.6. The molecule has 0 bridgehead atoms. The van der Waals surface area contributed by atoms with Crippen molar-refractivity contribution >= 4 is 11.4 Å². The molecule has 0 saturated carbocycles. The minimum Gasteiger partial charge on any atom is -0.467 e. The molecule has 0 fully saturated rings. The van der Waals surface area contributed by atoms with Gasteiger partial charge in [-0.05, 0) is 48.5 Å². The van der Waals surface area contributed by atoms with Crippen LogP contribution in [0.3, 0.4) is 0 Å². The van der Waals surface area contributed by atoms with Crippen molar-refractivity contribution in [3.8, 4) is 0 Å². The fraction of sp³-hybridized carbons (Fsp3) is 0.125. The third-order valence-corrected chi connectivity index (χ3v) is 2.98. The van der Waals surface area contributed by atoms with Gasteiger partial charge in [0.1, 0.15) is 11.5 Å². The summed E-state index contributed by atoms with van der Waals surface area (Å²) in [6.45, 7) is 1.37. The van der Waals surface area contributed by atoms with Gasteiger partial charge in [0.15, 0.2) is 0 Å². The van der Waals surface area contributed by atoms with E-state index in [4.69, 9.17) is 8.83 Å². The van der Waals surface area contributed by atoms with Crippen molar-refractivity contribution in [2.45, 2.75) is 13.1 Å². The molecule has 0 amide bonds. The molecule has 2 aromatic heterocycles. The van der Waals surface area contributed by atoms with Gasteiger partial charge in [-0.2, -0.15) is 0 Å². The lowest BCUT2D eigenvalue weighted by Gasteiger charge is -2.07. The average molecular weight is 268 g/mol. The maximum absolute atomic E-state index is 5.27. The van der Waals surface area contributed by atoms with Crippen molar-refractivity contribution in [2.24, 2.45) is 0 Å². The summed E-state index contributed by atoms with van der Waals surface area (Å²) in [6.07, 6.45) is 3.36. The Kier molecular flexibility index (Phi) is 3.73. The summed E-state index contributed by atoms with van der Waals surface area (Å²) >= 11 is 0. The molecule has 0 unspecified atom stereocenters. The monoisotopic (exact) mass is 268 g/mol. The SMILES string of the molecule is c1coc(CNc2ccc(NCc3ccco3)cc2)c1. The first-order valence-corrected chi connectivity index (χ1v) is 6.53. The average Bonchev–Trinajstić information content (AvgIpc) is 3.17. The topological polar surface area (TPSA) is 50.3 Å². The minimum atomic E-state index is 0.687. The van der Waals surface area contributed by atoms with E-state index < -0.39 is 0 Å². The standard InChI is InChI=1S/C16H16N2O2/c1-3-15(19-9-1)11-17-13-5-7-14(8-6-13)18-12-16-4-2-10-20-16/h1-10,17-18H,11-12H2. The fourth-order valence-electron chi connectivity index (χ4n) is 1.91. The second-order valence-corrected chi connectivity index (χ2v) is 4.44. The molecule has 4 nitrogen and oxygen atoms in total. The molecule has 0 saturated heterocycles. The molecule has 20 heavy (non-hydrogen) atoms. The van der Waals surface area contributed by atoms with Crippen LogP contribution in [0.5, 0.6) is 0 Å². The van der Waals surface area contributed by atoms with Crippen LogP contribution in [-0.2, 0) is 13.1 Å². The number of hydrogen-bond acceptors (Lipinski definition) is 4. The minimum absolute atomic E-state index is 0.687. The molecule has 0 radical (unpaired) electrons. The zero-order valence-corrected chi connectivity index (χ0v) is 11.0. The van der Waals surface area contributed by atoms with Gasteiger partial charge in [0.05, 0.1) is 25.6 Å². The Bertz CT molecular complexity index is 556. The number of nitrogens with one attached hydrogen (secondary N) is 2. The van der Waals surface area contributed by atoms with Crippen LogP contribution in [0.25, 0.3) is 0 Å². The first-order chi connectivity index (χ1) is 9.90. The van der Waals surface area contributed by atoms with Crippen LogP contribution in [0.2, 0.25) is 0 Å². The van der Waals surface area contributed by atoms with E-state index in [0.717, 1.165) is 22.9 Å². The highest BCUT2D eigenvalue weighted by atomic mass is 16.3. The van der Waals surface area contributed by atoms with E-state index in [9.17, 15) is 0 Å². The predicted molar refractivity (Wildman–Crippen MR) is 78.5 cm³/mol. The number of benzene rings is 1. The number of hydrogen-bond donors (Lipinski definition) is 2. The third-order valence-electron chi connectivity index (χ3n) is 2.98. The molecule has 0 spiro atoms. The number of anilines is 2. The summed E-state index contributed by atoms with van der Waals surface area (Å²) in [5.41, 5.74) is 2.12. The van der Waals surface area contributed by atoms with Gasteiger partial charge >= 0.3 is 0 Å². The fourth-order valence-corrected chi connectivity index (χ4v) is 1.91. The highest BCUT2D eigenvalue weighted by molar-refractivity contribution is 5.53. The van der Waals surface area contributed by atoms with Gasteiger partial charge in [-0.1, -0.05) is 0 Å². The van der Waals surface area contributed by atoms with Gasteiger partial charge in [-0.3, -0.25) is 0 Å². The summed E-state index contributed by atoms with van der Waals surface area (Å²) < 4.78 is 10.5. The molecule has 0 atom stereocenters. The van der Waals surface area contributed by atoms with E-state index in [0.29, 0.717) is 13.1 Å². The molecule has 3 aromatic rings. The highest BCUT2D eigenvalue weighted by Gasteiger charge is 1.98. The molecule has 2 heterocycles. The Labute approximate surface area is 117 Å². The van der Waals surface area contributed by atoms with Crippen LogP contribution in [0.1, 0.15) is 11.5 Å². The molecule has 1 aromatic carbocycles. The summed E-state index contributed by atoms with van der Waals surface area (Å²) in [4.78, 5) is 0. The lowest BCUT2D eigenvalue weighted by molar-refractivity contribution is 0.517. The second kappa shape index (κ2) is 6.02. The maximum Gasteiger partial charge on any atom is 0.122 e. The Hall–Kier alpha value is -2.62. The summed E-state index contributed by atoms with van der Waals surface area (Å²) in [6, 6.07) is 15.8. The quantitative estimate of drug-likeness (QED) is 0.706. The number of rotatable bonds is 6. The molecule has 0 aliphatic carbocycles. The Morgan fingerprint density at radius 3 is 1.45 bits per heavy atom. The lowest BCUT2D eigenvalue weighted by Crippen LogP contribution is -2.00. The molecule has 2 N–H and O–H groups in total. The van der Waals surface area contributed by atoms with Crippen molar-refractivity contribution in [1.82, 2.24) is 0 Å². The van der Waals surface area contributed by atoms with Crippen molar-refractivity contribution in [3.63, 3.8) is 0 Å². The Morgan fingerprint density at radius 1 is 0.650 bits per heavy atom. The maximum atomic E-state index is 5.27. The van der Waals surface area contributed by atoms with Gasteiger partial charge in [0.2, 0.25) is 0 Å². The summed E-state index contributed by atoms with van der Waals surface area (Å²) in [7, 11) is 0. The molecule has 0 aliphatic heterocycles. The smallest absolute Gasteiger partial charge is 0.122 e. The van der Waals surface area contributed by atoms with Crippen molar-refractivity contribution in [3.05, 3.63) is 72.6 Å². The van der Waals surface area contributed by atoms with Crippen LogP contribution in [0.4, 0.5) is 11.4 Å². The van der Waals surface area contributed by atoms with Gasteiger partial charge < -0.3 is 19.5 Å². The van der Waals surface area contributed by atoms with E-state index in [1.807, 2.05) is 48.5 Å². The summed E-state index contributed by atoms with van der Waals surface area (Å²) in [5, 5.41) is 6.61. The van der Waals surface area contributed by atoms with Crippen molar-refractivity contribution in [2.75, 3.05) is 10.6 Å². The molecule has 3 rings (SSSR count). The molecular formula is C16H16N2O2. The molecular weight excluding hydrogens is 252 g/mol. The Morgan fingerprint density at radius 2 is 1.10 bits per heavy atom.